The average molecular weight is 422 g/mol. The van der Waals surface area contributed by atoms with Crippen molar-refractivity contribution in [2.24, 2.45) is 7.05 Å². The summed E-state index contributed by atoms with van der Waals surface area (Å²) >= 11 is 0. The maximum absolute atomic E-state index is 10.5. The van der Waals surface area contributed by atoms with Gasteiger partial charge in [0.1, 0.15) is 11.5 Å². The van der Waals surface area contributed by atoms with Gasteiger partial charge in [-0.25, -0.2) is 0 Å². The number of hydrogen-bond donors (Lipinski definition) is 1. The van der Waals surface area contributed by atoms with Crippen LogP contribution in [-0.2, 0) is 19.0 Å². The van der Waals surface area contributed by atoms with Gasteiger partial charge in [-0.1, -0.05) is 12.1 Å². The number of methoxy groups -OCH3 is 2. The van der Waals surface area contributed by atoms with Crippen molar-refractivity contribution in [2.45, 2.75) is 18.0 Å². The molecule has 3 aromatic rings. The average Bonchev–Trinajstić information content (AvgIpc) is 3.05. The zero-order chi connectivity index (χ0) is 21.8. The van der Waals surface area contributed by atoms with Crippen molar-refractivity contribution in [1.82, 2.24) is 14.4 Å². The highest BCUT2D eigenvalue weighted by molar-refractivity contribution is 5.89. The lowest BCUT2D eigenvalue weighted by Gasteiger charge is -2.55. The molecular formula is C25H31N3O3. The van der Waals surface area contributed by atoms with E-state index >= 15 is 0 Å². The van der Waals surface area contributed by atoms with E-state index in [1.165, 1.54) is 27.7 Å². The second kappa shape index (κ2) is 7.55. The maximum Gasteiger partial charge on any atom is 0.120 e. The van der Waals surface area contributed by atoms with Crippen LogP contribution in [0.25, 0.3) is 10.9 Å². The van der Waals surface area contributed by atoms with E-state index in [9.17, 15) is 5.11 Å². The first kappa shape index (κ1) is 20.4. The number of aromatic nitrogens is 1. The highest BCUT2D eigenvalue weighted by atomic mass is 16.5. The first-order valence-electron chi connectivity index (χ1n) is 10.8. The van der Waals surface area contributed by atoms with Crippen LogP contribution in [0, 0.1) is 0 Å². The first-order chi connectivity index (χ1) is 15.0. The van der Waals surface area contributed by atoms with Crippen LogP contribution in [-0.4, -0.2) is 67.0 Å². The van der Waals surface area contributed by atoms with E-state index in [1.54, 1.807) is 14.2 Å². The number of hydrogen-bond acceptors (Lipinski definition) is 5. The highest BCUT2D eigenvalue weighted by Crippen LogP contribution is 2.49. The Bertz CT molecular complexity index is 1120. The first-order valence-corrected chi connectivity index (χ1v) is 10.8. The number of likely N-dealkylation sites (N-methyl/N-ethyl adjacent to an activating group) is 1. The molecule has 2 aliphatic heterocycles. The van der Waals surface area contributed by atoms with Gasteiger partial charge in [-0.05, 0) is 42.4 Å². The van der Waals surface area contributed by atoms with Gasteiger partial charge in [0.05, 0.1) is 32.4 Å². The minimum absolute atomic E-state index is 0.0545. The summed E-state index contributed by atoms with van der Waals surface area (Å²) in [6.07, 6.45) is 0. The molecule has 6 heteroatoms. The summed E-state index contributed by atoms with van der Waals surface area (Å²) in [4.78, 5) is 4.83. The lowest BCUT2D eigenvalue weighted by molar-refractivity contribution is 0.00291. The Morgan fingerprint density at radius 2 is 1.74 bits per heavy atom. The zero-order valence-corrected chi connectivity index (χ0v) is 18.8. The van der Waals surface area contributed by atoms with Gasteiger partial charge < -0.3 is 24.0 Å². The molecular weight excluding hydrogens is 390 g/mol. The SMILES string of the molecule is COc1cccc(CN2CC3(CN(C)C3)c3c(n(C)c4cc(OC)ccc34)[C@H]2CO)c1. The monoisotopic (exact) mass is 421 g/mol. The number of aliphatic hydroxyl groups is 1. The van der Waals surface area contributed by atoms with E-state index in [0.717, 1.165) is 37.7 Å². The molecule has 3 heterocycles. The topological polar surface area (TPSA) is 50.1 Å². The van der Waals surface area contributed by atoms with Gasteiger partial charge in [0, 0.05) is 55.8 Å². The Morgan fingerprint density at radius 3 is 2.42 bits per heavy atom. The zero-order valence-electron chi connectivity index (χ0n) is 18.8. The minimum Gasteiger partial charge on any atom is -0.497 e. The third-order valence-corrected chi connectivity index (χ3v) is 7.08. The predicted octanol–water partition coefficient (Wildman–Crippen LogP) is 2.93. The molecule has 0 radical (unpaired) electrons. The lowest BCUT2D eigenvalue weighted by atomic mass is 9.69. The van der Waals surface area contributed by atoms with Gasteiger partial charge in [0.25, 0.3) is 0 Å². The third kappa shape index (κ3) is 3.13. The van der Waals surface area contributed by atoms with Crippen LogP contribution in [0.5, 0.6) is 11.5 Å². The molecule has 0 saturated carbocycles. The van der Waals surface area contributed by atoms with Crippen LogP contribution in [0.1, 0.15) is 22.9 Å². The van der Waals surface area contributed by atoms with Gasteiger partial charge in [-0.3, -0.25) is 4.90 Å². The van der Waals surface area contributed by atoms with Crippen LogP contribution in [0.3, 0.4) is 0 Å². The van der Waals surface area contributed by atoms with E-state index in [4.69, 9.17) is 9.47 Å². The van der Waals surface area contributed by atoms with Crippen molar-refractivity contribution in [3.63, 3.8) is 0 Å². The van der Waals surface area contributed by atoms with Crippen LogP contribution in [0.15, 0.2) is 42.5 Å². The maximum atomic E-state index is 10.5. The van der Waals surface area contributed by atoms with E-state index in [-0.39, 0.29) is 18.1 Å². The molecule has 0 amide bonds. The van der Waals surface area contributed by atoms with Gasteiger partial charge in [-0.2, -0.15) is 0 Å². The van der Waals surface area contributed by atoms with Crippen LogP contribution in [0.4, 0.5) is 0 Å². The smallest absolute Gasteiger partial charge is 0.120 e. The van der Waals surface area contributed by atoms with Crippen molar-refractivity contribution in [3.05, 3.63) is 59.3 Å². The predicted molar refractivity (Wildman–Crippen MR) is 122 cm³/mol. The Morgan fingerprint density at radius 1 is 1.00 bits per heavy atom. The summed E-state index contributed by atoms with van der Waals surface area (Å²) in [5.74, 6) is 1.73. The normalized spacial score (nSPS) is 20.6. The number of aryl methyl sites for hydroxylation is 1. The summed E-state index contributed by atoms with van der Waals surface area (Å²) in [6.45, 7) is 3.84. The van der Waals surface area contributed by atoms with Crippen molar-refractivity contribution >= 4 is 10.9 Å². The number of aliphatic hydroxyl groups excluding tert-OH is 1. The highest BCUT2D eigenvalue weighted by Gasteiger charge is 2.52. The third-order valence-electron chi connectivity index (χ3n) is 7.08. The second-order valence-electron chi connectivity index (χ2n) is 9.11. The van der Waals surface area contributed by atoms with Crippen LogP contribution < -0.4 is 9.47 Å². The summed E-state index contributed by atoms with van der Waals surface area (Å²) in [6, 6.07) is 14.5. The Balaban J connectivity index is 1.64. The van der Waals surface area contributed by atoms with Gasteiger partial charge in [0.15, 0.2) is 0 Å². The van der Waals surface area contributed by atoms with E-state index in [2.05, 4.69) is 58.8 Å². The minimum atomic E-state index is -0.0545. The molecule has 1 spiro atoms. The van der Waals surface area contributed by atoms with E-state index in [0.29, 0.717) is 0 Å². The molecule has 5 rings (SSSR count). The fourth-order valence-corrected chi connectivity index (χ4v) is 5.88. The van der Waals surface area contributed by atoms with Crippen molar-refractivity contribution in [1.29, 1.82) is 0 Å². The molecule has 31 heavy (non-hydrogen) atoms. The fourth-order valence-electron chi connectivity index (χ4n) is 5.88. The summed E-state index contributed by atoms with van der Waals surface area (Å²) in [5, 5.41) is 11.8. The second-order valence-corrected chi connectivity index (χ2v) is 9.11. The van der Waals surface area contributed by atoms with Crippen molar-refractivity contribution in [2.75, 3.05) is 47.5 Å². The molecule has 0 bridgehead atoms. The molecule has 1 N–H and O–H groups in total. The number of rotatable bonds is 5. The lowest BCUT2D eigenvalue weighted by Crippen LogP contribution is -2.65. The molecule has 164 valence electrons. The van der Waals surface area contributed by atoms with Gasteiger partial charge >= 0.3 is 0 Å². The summed E-state index contributed by atoms with van der Waals surface area (Å²) in [7, 11) is 7.71. The van der Waals surface area contributed by atoms with E-state index in [1.807, 2.05) is 12.1 Å². The summed E-state index contributed by atoms with van der Waals surface area (Å²) < 4.78 is 13.2. The fraction of sp³-hybridized carbons (Fsp3) is 0.440. The molecule has 2 aliphatic rings. The number of benzene rings is 2. The molecule has 0 unspecified atom stereocenters. The Hall–Kier alpha value is -2.54. The molecule has 1 aromatic heterocycles. The van der Waals surface area contributed by atoms with E-state index < -0.39 is 0 Å². The van der Waals surface area contributed by atoms with Gasteiger partial charge in [-0.15, -0.1) is 0 Å². The molecule has 1 atom stereocenters. The largest absolute Gasteiger partial charge is 0.497 e. The van der Waals surface area contributed by atoms with Crippen molar-refractivity contribution < 1.29 is 14.6 Å². The molecule has 1 saturated heterocycles. The number of nitrogens with zero attached hydrogens (tertiary/aromatic N) is 3. The number of likely N-dealkylation sites (tertiary alicyclic amines) is 1. The number of ether oxygens (including phenoxy) is 2. The molecule has 6 nitrogen and oxygen atoms in total. The number of fused-ring (bicyclic) bond motifs is 4. The summed E-state index contributed by atoms with van der Waals surface area (Å²) in [5.41, 5.74) is 5.08. The van der Waals surface area contributed by atoms with Crippen molar-refractivity contribution in [3.8, 4) is 11.5 Å². The van der Waals surface area contributed by atoms with Crippen LogP contribution >= 0.6 is 0 Å². The van der Waals surface area contributed by atoms with Gasteiger partial charge in [0.2, 0.25) is 0 Å². The standard InChI is InChI=1S/C25H31N3O3/c1-26-14-25(15-26)16-28(12-17-6-5-7-18(10-17)30-3)22(13-29)24-23(25)20-9-8-19(31-4)11-21(20)27(24)2/h5-11,22,29H,12-16H2,1-4H3/t22-/m1/s1. The molecule has 0 aliphatic carbocycles. The Kier molecular flexibility index (Phi) is 4.96. The quantitative estimate of drug-likeness (QED) is 0.687. The Labute approximate surface area is 183 Å². The van der Waals surface area contributed by atoms with Crippen LogP contribution in [0.2, 0.25) is 0 Å². The molecule has 1 fully saturated rings. The molecule has 2 aromatic carbocycles.